The molecule has 0 radical (unpaired) electrons. The molecule has 0 bridgehead atoms. The lowest BCUT2D eigenvalue weighted by Gasteiger charge is -2.12. The van der Waals surface area contributed by atoms with E-state index in [2.05, 4.69) is 10.3 Å². The zero-order chi connectivity index (χ0) is 17.2. The summed E-state index contributed by atoms with van der Waals surface area (Å²) < 4.78 is 23.3. The van der Waals surface area contributed by atoms with Crippen LogP contribution in [0.25, 0.3) is 0 Å². The smallest absolute Gasteiger partial charge is 0.256 e. The number of nitrogens with zero attached hydrogens (tertiary/aromatic N) is 2. The molecule has 6 nitrogen and oxygen atoms in total. The van der Waals surface area contributed by atoms with Crippen LogP contribution in [0.4, 0.5) is 11.5 Å². The minimum absolute atomic E-state index is 0.120. The molecule has 0 aliphatic rings. The molecule has 2 rings (SSSR count). The quantitative estimate of drug-likeness (QED) is 0.927. The SMILES string of the molecule is Cc1ccc(S(C)(=O)=O)cc1C(=O)Nc1ccc(N(C)C)nc1. The molecule has 122 valence electrons. The van der Waals surface area contributed by atoms with Crippen molar-refractivity contribution in [2.24, 2.45) is 0 Å². The van der Waals surface area contributed by atoms with E-state index in [-0.39, 0.29) is 10.8 Å². The second-order valence-corrected chi connectivity index (χ2v) is 7.52. The Labute approximate surface area is 136 Å². The molecule has 0 saturated carbocycles. The first-order valence-electron chi connectivity index (χ1n) is 6.94. The van der Waals surface area contributed by atoms with Gasteiger partial charge in [0, 0.05) is 25.9 Å². The number of sulfone groups is 1. The molecule has 0 spiro atoms. The molecule has 1 N–H and O–H groups in total. The van der Waals surface area contributed by atoms with Gasteiger partial charge in [-0.05, 0) is 36.8 Å². The van der Waals surface area contributed by atoms with Gasteiger partial charge in [-0.3, -0.25) is 4.79 Å². The summed E-state index contributed by atoms with van der Waals surface area (Å²) >= 11 is 0. The molecule has 1 amide bonds. The summed E-state index contributed by atoms with van der Waals surface area (Å²) in [5.74, 6) is 0.408. The van der Waals surface area contributed by atoms with Gasteiger partial charge < -0.3 is 10.2 Å². The summed E-state index contributed by atoms with van der Waals surface area (Å²) in [6.45, 7) is 1.76. The van der Waals surface area contributed by atoms with Crippen LogP contribution in [0.3, 0.4) is 0 Å². The Hall–Kier alpha value is -2.41. The van der Waals surface area contributed by atoms with Gasteiger partial charge in [-0.2, -0.15) is 0 Å². The van der Waals surface area contributed by atoms with Crippen molar-refractivity contribution in [3.05, 3.63) is 47.7 Å². The van der Waals surface area contributed by atoms with E-state index in [0.717, 1.165) is 12.1 Å². The number of nitrogens with one attached hydrogen (secondary N) is 1. The molecule has 1 aromatic carbocycles. The summed E-state index contributed by atoms with van der Waals surface area (Å²) in [6.07, 6.45) is 2.67. The van der Waals surface area contributed by atoms with Crippen LogP contribution in [0.2, 0.25) is 0 Å². The lowest BCUT2D eigenvalue weighted by atomic mass is 10.1. The van der Waals surface area contributed by atoms with Crippen molar-refractivity contribution in [1.29, 1.82) is 0 Å². The zero-order valence-electron chi connectivity index (χ0n) is 13.5. The number of hydrogen-bond donors (Lipinski definition) is 1. The summed E-state index contributed by atoms with van der Waals surface area (Å²) in [7, 11) is 0.390. The van der Waals surface area contributed by atoms with Crippen molar-refractivity contribution in [2.75, 3.05) is 30.6 Å². The van der Waals surface area contributed by atoms with Crippen molar-refractivity contribution in [3.63, 3.8) is 0 Å². The highest BCUT2D eigenvalue weighted by Crippen LogP contribution is 2.18. The Morgan fingerprint density at radius 1 is 1.17 bits per heavy atom. The van der Waals surface area contributed by atoms with Gasteiger partial charge in [0.1, 0.15) is 5.82 Å². The third-order valence-electron chi connectivity index (χ3n) is 3.35. The number of carbonyl (C=O) groups excluding carboxylic acids is 1. The Bertz CT molecular complexity index is 828. The minimum atomic E-state index is -3.36. The van der Waals surface area contributed by atoms with Gasteiger partial charge in [0.25, 0.3) is 5.91 Å². The van der Waals surface area contributed by atoms with Crippen LogP contribution in [0.15, 0.2) is 41.4 Å². The molecule has 0 aliphatic carbocycles. The first-order chi connectivity index (χ1) is 10.7. The van der Waals surface area contributed by atoms with Crippen LogP contribution >= 0.6 is 0 Å². The lowest BCUT2D eigenvalue weighted by molar-refractivity contribution is 0.102. The largest absolute Gasteiger partial charge is 0.363 e. The Kier molecular flexibility index (Phi) is 4.70. The Morgan fingerprint density at radius 2 is 1.87 bits per heavy atom. The number of benzene rings is 1. The van der Waals surface area contributed by atoms with Gasteiger partial charge in [-0.15, -0.1) is 0 Å². The van der Waals surface area contributed by atoms with Crippen LogP contribution in [0, 0.1) is 6.92 Å². The Morgan fingerprint density at radius 3 is 2.39 bits per heavy atom. The number of aryl methyl sites for hydroxylation is 1. The molecular weight excluding hydrogens is 314 g/mol. The van der Waals surface area contributed by atoms with Crippen LogP contribution in [0.1, 0.15) is 15.9 Å². The highest BCUT2D eigenvalue weighted by Gasteiger charge is 2.14. The van der Waals surface area contributed by atoms with Gasteiger partial charge in [0.2, 0.25) is 0 Å². The lowest BCUT2D eigenvalue weighted by Crippen LogP contribution is -2.15. The topological polar surface area (TPSA) is 79.4 Å². The maximum Gasteiger partial charge on any atom is 0.256 e. The van der Waals surface area contributed by atoms with E-state index in [9.17, 15) is 13.2 Å². The normalized spacial score (nSPS) is 11.1. The van der Waals surface area contributed by atoms with Gasteiger partial charge in [0.05, 0.1) is 16.8 Å². The summed E-state index contributed by atoms with van der Waals surface area (Å²) in [5.41, 5.74) is 1.57. The van der Waals surface area contributed by atoms with Gasteiger partial charge >= 0.3 is 0 Å². The molecule has 0 saturated heterocycles. The third-order valence-corrected chi connectivity index (χ3v) is 4.46. The number of hydrogen-bond acceptors (Lipinski definition) is 5. The molecule has 0 aliphatic heterocycles. The number of anilines is 2. The second kappa shape index (κ2) is 6.37. The number of rotatable bonds is 4. The van der Waals surface area contributed by atoms with Crippen molar-refractivity contribution in [1.82, 2.24) is 4.98 Å². The van der Waals surface area contributed by atoms with Crippen LogP contribution in [-0.2, 0) is 9.84 Å². The number of amides is 1. The standard InChI is InChI=1S/C16H19N3O3S/c1-11-5-7-13(23(4,21)22)9-14(11)16(20)18-12-6-8-15(17-10-12)19(2)3/h5-10H,1-4H3,(H,18,20). The van der Waals surface area contributed by atoms with E-state index in [4.69, 9.17) is 0 Å². The van der Waals surface area contributed by atoms with Gasteiger partial charge in [-0.1, -0.05) is 6.07 Å². The Balaban J connectivity index is 2.27. The predicted molar refractivity (Wildman–Crippen MR) is 90.8 cm³/mol. The number of pyridine rings is 1. The third kappa shape index (κ3) is 4.07. The first kappa shape index (κ1) is 17.0. The fourth-order valence-electron chi connectivity index (χ4n) is 2.00. The summed E-state index contributed by atoms with van der Waals surface area (Å²) in [6, 6.07) is 8.04. The highest BCUT2D eigenvalue weighted by atomic mass is 32.2. The van der Waals surface area contributed by atoms with E-state index in [1.165, 1.54) is 12.1 Å². The minimum Gasteiger partial charge on any atom is -0.363 e. The second-order valence-electron chi connectivity index (χ2n) is 5.50. The van der Waals surface area contributed by atoms with Gasteiger partial charge in [-0.25, -0.2) is 13.4 Å². The van der Waals surface area contributed by atoms with Crippen molar-refractivity contribution in [2.45, 2.75) is 11.8 Å². The highest BCUT2D eigenvalue weighted by molar-refractivity contribution is 7.90. The van der Waals surface area contributed by atoms with E-state index in [0.29, 0.717) is 16.8 Å². The number of carbonyl (C=O) groups is 1. The van der Waals surface area contributed by atoms with Crippen molar-refractivity contribution in [3.8, 4) is 0 Å². The van der Waals surface area contributed by atoms with Crippen molar-refractivity contribution >= 4 is 27.2 Å². The van der Waals surface area contributed by atoms with Crippen molar-refractivity contribution < 1.29 is 13.2 Å². The first-order valence-corrected chi connectivity index (χ1v) is 8.83. The number of aromatic nitrogens is 1. The average Bonchev–Trinajstić information content (AvgIpc) is 2.46. The molecule has 23 heavy (non-hydrogen) atoms. The molecule has 1 heterocycles. The fraction of sp³-hybridized carbons (Fsp3) is 0.250. The predicted octanol–water partition coefficient (Wildman–Crippen LogP) is 2.11. The molecule has 0 fully saturated rings. The van der Waals surface area contributed by atoms with Crippen LogP contribution in [0.5, 0.6) is 0 Å². The fourth-order valence-corrected chi connectivity index (χ4v) is 2.65. The summed E-state index contributed by atoms with van der Waals surface area (Å²) in [4.78, 5) is 18.6. The molecule has 0 atom stereocenters. The maximum atomic E-state index is 12.4. The molecule has 0 unspecified atom stereocenters. The van der Waals surface area contributed by atoms with Crippen LogP contribution < -0.4 is 10.2 Å². The maximum absolute atomic E-state index is 12.4. The van der Waals surface area contributed by atoms with Crippen LogP contribution in [-0.4, -0.2) is 39.7 Å². The molecule has 1 aromatic heterocycles. The van der Waals surface area contributed by atoms with E-state index in [1.54, 1.807) is 31.3 Å². The van der Waals surface area contributed by atoms with Gasteiger partial charge in [0.15, 0.2) is 9.84 Å². The molecule has 2 aromatic rings. The monoisotopic (exact) mass is 333 g/mol. The average molecular weight is 333 g/mol. The molecule has 7 heteroatoms. The summed E-state index contributed by atoms with van der Waals surface area (Å²) in [5, 5.41) is 2.73. The van der Waals surface area contributed by atoms with E-state index in [1.807, 2.05) is 19.0 Å². The van der Waals surface area contributed by atoms with E-state index < -0.39 is 9.84 Å². The zero-order valence-corrected chi connectivity index (χ0v) is 14.3. The van der Waals surface area contributed by atoms with E-state index >= 15 is 0 Å². The molecular formula is C16H19N3O3S.